The van der Waals surface area contributed by atoms with Crippen LogP contribution in [0.5, 0.6) is 0 Å². The lowest BCUT2D eigenvalue weighted by Crippen LogP contribution is -2.32. The zero-order valence-electron chi connectivity index (χ0n) is 13.8. The largest absolute Gasteiger partial charge is 0.391 e. The van der Waals surface area contributed by atoms with E-state index in [1.807, 2.05) is 39.2 Å². The van der Waals surface area contributed by atoms with Gasteiger partial charge in [0.2, 0.25) is 0 Å². The Labute approximate surface area is 136 Å². The second-order valence-corrected chi connectivity index (χ2v) is 6.10. The number of aliphatic hydroxyl groups is 1. The highest BCUT2D eigenvalue weighted by Gasteiger charge is 2.11. The van der Waals surface area contributed by atoms with Gasteiger partial charge in [0.15, 0.2) is 0 Å². The van der Waals surface area contributed by atoms with Crippen LogP contribution >= 0.6 is 0 Å². The summed E-state index contributed by atoms with van der Waals surface area (Å²) in [5.41, 5.74) is 2.22. The van der Waals surface area contributed by atoms with E-state index in [1.165, 1.54) is 0 Å². The predicted molar refractivity (Wildman–Crippen MR) is 90.7 cm³/mol. The van der Waals surface area contributed by atoms with E-state index in [4.69, 9.17) is 0 Å². The van der Waals surface area contributed by atoms with Crippen molar-refractivity contribution in [1.29, 1.82) is 0 Å². The number of carbonyl (C=O) groups excluding carboxylic acids is 1. The number of rotatable bonds is 7. The molecule has 0 saturated heterocycles. The normalized spacial score (nSPS) is 12.2. The quantitative estimate of drug-likeness (QED) is 0.732. The van der Waals surface area contributed by atoms with Crippen LogP contribution in [0.3, 0.4) is 0 Å². The molecule has 0 bridgehead atoms. The molecule has 6 heteroatoms. The third-order valence-corrected chi connectivity index (χ3v) is 3.36. The fraction of sp³-hybridized carbons (Fsp3) is 0.412. The number of nitrogens with zero attached hydrogens (tertiary/aromatic N) is 2. The van der Waals surface area contributed by atoms with Gasteiger partial charge in [-0.25, -0.2) is 0 Å². The molecule has 1 unspecified atom stereocenters. The molecule has 1 aromatic heterocycles. The van der Waals surface area contributed by atoms with Gasteiger partial charge in [-0.15, -0.1) is 0 Å². The van der Waals surface area contributed by atoms with E-state index in [2.05, 4.69) is 15.7 Å². The lowest BCUT2D eigenvalue weighted by atomic mass is 10.1. The molecule has 6 nitrogen and oxygen atoms in total. The molecular weight excluding hydrogens is 292 g/mol. The molecule has 0 aliphatic carbocycles. The molecule has 0 saturated carbocycles. The summed E-state index contributed by atoms with van der Waals surface area (Å²) in [4.78, 5) is 12.2. The minimum Gasteiger partial charge on any atom is -0.391 e. The van der Waals surface area contributed by atoms with E-state index >= 15 is 0 Å². The second-order valence-electron chi connectivity index (χ2n) is 6.10. The van der Waals surface area contributed by atoms with Crippen molar-refractivity contribution in [3.8, 4) is 0 Å². The molecule has 0 aliphatic rings. The first-order valence-electron chi connectivity index (χ1n) is 7.76. The molecular formula is C17H24N4O2. The SMILES string of the molecule is CC(C)CC(O)CNC(=O)c1cccc(Nc2cnn(C)c2)c1. The summed E-state index contributed by atoms with van der Waals surface area (Å²) in [6, 6.07) is 7.23. The van der Waals surface area contributed by atoms with Crippen LogP contribution in [0.15, 0.2) is 36.7 Å². The van der Waals surface area contributed by atoms with Crippen LogP contribution in [0.1, 0.15) is 30.6 Å². The number of hydrogen-bond donors (Lipinski definition) is 3. The molecule has 0 spiro atoms. The third-order valence-electron chi connectivity index (χ3n) is 3.36. The fourth-order valence-corrected chi connectivity index (χ4v) is 2.33. The van der Waals surface area contributed by atoms with Gasteiger partial charge >= 0.3 is 0 Å². The standard InChI is InChI=1S/C17H24N4O2/c1-12(2)7-16(22)10-18-17(23)13-5-4-6-14(8-13)20-15-9-19-21(3)11-15/h4-6,8-9,11-12,16,20,22H,7,10H2,1-3H3,(H,18,23). The number of amides is 1. The first-order chi connectivity index (χ1) is 10.9. The Kier molecular flexibility index (Phi) is 5.76. The highest BCUT2D eigenvalue weighted by atomic mass is 16.3. The zero-order valence-corrected chi connectivity index (χ0v) is 13.8. The van der Waals surface area contributed by atoms with E-state index in [9.17, 15) is 9.90 Å². The number of carbonyl (C=O) groups is 1. The van der Waals surface area contributed by atoms with Gasteiger partial charge in [-0.3, -0.25) is 9.48 Å². The van der Waals surface area contributed by atoms with Crippen molar-refractivity contribution in [3.05, 3.63) is 42.2 Å². The van der Waals surface area contributed by atoms with Crippen LogP contribution < -0.4 is 10.6 Å². The highest BCUT2D eigenvalue weighted by molar-refractivity contribution is 5.95. The van der Waals surface area contributed by atoms with E-state index < -0.39 is 6.10 Å². The Morgan fingerprint density at radius 3 is 2.78 bits per heavy atom. The zero-order chi connectivity index (χ0) is 16.8. The van der Waals surface area contributed by atoms with Crippen molar-refractivity contribution in [2.75, 3.05) is 11.9 Å². The van der Waals surface area contributed by atoms with Crippen LogP contribution in [0, 0.1) is 5.92 Å². The number of aryl methyl sites for hydroxylation is 1. The van der Waals surface area contributed by atoms with Crippen LogP contribution in [-0.4, -0.2) is 33.4 Å². The van der Waals surface area contributed by atoms with Crippen molar-refractivity contribution in [2.24, 2.45) is 13.0 Å². The molecule has 2 rings (SSSR count). The number of benzene rings is 1. The average Bonchev–Trinajstić information content (AvgIpc) is 2.89. The lowest BCUT2D eigenvalue weighted by molar-refractivity contribution is 0.0900. The molecule has 1 heterocycles. The second kappa shape index (κ2) is 7.78. The summed E-state index contributed by atoms with van der Waals surface area (Å²) in [5, 5.41) is 19.9. The Morgan fingerprint density at radius 2 is 2.13 bits per heavy atom. The topological polar surface area (TPSA) is 79.2 Å². The van der Waals surface area contributed by atoms with Gasteiger partial charge in [0.25, 0.3) is 5.91 Å². The number of hydrogen-bond acceptors (Lipinski definition) is 4. The molecule has 1 aromatic carbocycles. The number of nitrogens with one attached hydrogen (secondary N) is 2. The number of aromatic nitrogens is 2. The van der Waals surface area contributed by atoms with Crippen molar-refractivity contribution in [1.82, 2.24) is 15.1 Å². The fourth-order valence-electron chi connectivity index (χ4n) is 2.33. The van der Waals surface area contributed by atoms with Gasteiger partial charge in [0.05, 0.1) is 18.0 Å². The van der Waals surface area contributed by atoms with Crippen LogP contribution in [0.2, 0.25) is 0 Å². The van der Waals surface area contributed by atoms with Crippen LogP contribution in [0.25, 0.3) is 0 Å². The predicted octanol–water partition coefficient (Wildman–Crippen LogP) is 2.30. The summed E-state index contributed by atoms with van der Waals surface area (Å²) >= 11 is 0. The maximum Gasteiger partial charge on any atom is 0.251 e. The Balaban J connectivity index is 1.94. The molecule has 3 N–H and O–H groups in total. The monoisotopic (exact) mass is 316 g/mol. The smallest absolute Gasteiger partial charge is 0.251 e. The molecule has 23 heavy (non-hydrogen) atoms. The molecule has 0 aliphatic heterocycles. The van der Waals surface area contributed by atoms with Gasteiger partial charge in [0.1, 0.15) is 0 Å². The maximum atomic E-state index is 12.2. The van der Waals surface area contributed by atoms with Crippen molar-refractivity contribution < 1.29 is 9.90 Å². The highest BCUT2D eigenvalue weighted by Crippen LogP contribution is 2.17. The Hall–Kier alpha value is -2.34. The molecule has 1 atom stereocenters. The van der Waals surface area contributed by atoms with Crippen LogP contribution in [0.4, 0.5) is 11.4 Å². The number of anilines is 2. The van der Waals surface area contributed by atoms with Gasteiger partial charge in [-0.2, -0.15) is 5.10 Å². The third kappa shape index (κ3) is 5.41. The van der Waals surface area contributed by atoms with Crippen molar-refractivity contribution in [2.45, 2.75) is 26.4 Å². The van der Waals surface area contributed by atoms with Gasteiger partial charge in [-0.1, -0.05) is 19.9 Å². The minimum absolute atomic E-state index is 0.192. The van der Waals surface area contributed by atoms with E-state index in [0.717, 1.165) is 11.4 Å². The Bertz CT molecular complexity index is 652. The Morgan fingerprint density at radius 1 is 1.35 bits per heavy atom. The average molecular weight is 316 g/mol. The molecule has 0 fully saturated rings. The van der Waals surface area contributed by atoms with E-state index in [1.54, 1.807) is 23.0 Å². The minimum atomic E-state index is -0.518. The van der Waals surface area contributed by atoms with Gasteiger partial charge in [0, 0.05) is 31.0 Å². The van der Waals surface area contributed by atoms with Gasteiger partial charge in [-0.05, 0) is 30.5 Å². The molecule has 0 radical (unpaired) electrons. The van der Waals surface area contributed by atoms with Crippen molar-refractivity contribution in [3.63, 3.8) is 0 Å². The summed E-state index contributed by atoms with van der Waals surface area (Å²) in [5.74, 6) is 0.205. The first kappa shape index (κ1) is 17.0. The maximum absolute atomic E-state index is 12.2. The lowest BCUT2D eigenvalue weighted by Gasteiger charge is -2.14. The first-order valence-corrected chi connectivity index (χ1v) is 7.76. The summed E-state index contributed by atoms with van der Waals surface area (Å²) < 4.78 is 1.70. The summed E-state index contributed by atoms with van der Waals surface area (Å²) in [6.07, 6.45) is 3.73. The van der Waals surface area contributed by atoms with Crippen molar-refractivity contribution >= 4 is 17.3 Å². The number of aliphatic hydroxyl groups excluding tert-OH is 1. The molecule has 124 valence electrons. The molecule has 1 amide bonds. The van der Waals surface area contributed by atoms with Gasteiger partial charge < -0.3 is 15.7 Å². The summed E-state index contributed by atoms with van der Waals surface area (Å²) in [6.45, 7) is 4.34. The van der Waals surface area contributed by atoms with Crippen LogP contribution in [-0.2, 0) is 7.05 Å². The molecule has 2 aromatic rings. The van der Waals surface area contributed by atoms with E-state index in [0.29, 0.717) is 17.9 Å². The van der Waals surface area contributed by atoms with E-state index in [-0.39, 0.29) is 12.5 Å². The summed E-state index contributed by atoms with van der Waals surface area (Å²) in [7, 11) is 1.84.